The molecule has 1 spiro atoms. The molecule has 2 heterocycles. The SMILES string of the molecule is c1ccc(N(c2ccccc2)c2cccc3oc4cc5c(cc4c23)-c2ccccc2C52c3ccccc3Oc3ccccc32)cc1. The molecule has 0 radical (unpaired) electrons. The third-order valence-corrected chi connectivity index (χ3v) is 9.71. The Kier molecular flexibility index (Phi) is 5.20. The van der Waals surface area contributed by atoms with Crippen molar-refractivity contribution in [2.75, 3.05) is 4.90 Å². The van der Waals surface area contributed by atoms with Gasteiger partial charge < -0.3 is 14.1 Å². The second kappa shape index (κ2) is 9.47. The molecule has 0 atom stereocenters. The summed E-state index contributed by atoms with van der Waals surface area (Å²) in [5.74, 6) is 1.77. The van der Waals surface area contributed by atoms with E-state index in [4.69, 9.17) is 9.15 Å². The summed E-state index contributed by atoms with van der Waals surface area (Å²) >= 11 is 0. The molecular weight excluding hydrogens is 562 g/mol. The molecule has 1 aliphatic carbocycles. The van der Waals surface area contributed by atoms with Gasteiger partial charge in [0.1, 0.15) is 22.7 Å². The molecule has 0 N–H and O–H groups in total. The van der Waals surface area contributed by atoms with Crippen molar-refractivity contribution in [3.8, 4) is 22.6 Å². The van der Waals surface area contributed by atoms with Crippen molar-refractivity contribution < 1.29 is 9.15 Å². The quantitative estimate of drug-likeness (QED) is 0.205. The van der Waals surface area contributed by atoms with E-state index in [1.165, 1.54) is 22.3 Å². The van der Waals surface area contributed by atoms with E-state index in [9.17, 15) is 0 Å². The summed E-state index contributed by atoms with van der Waals surface area (Å²) in [6, 6.07) is 57.9. The minimum Gasteiger partial charge on any atom is -0.457 e. The van der Waals surface area contributed by atoms with E-state index >= 15 is 0 Å². The first-order chi connectivity index (χ1) is 22.8. The lowest BCUT2D eigenvalue weighted by molar-refractivity contribution is 0.436. The third kappa shape index (κ3) is 3.32. The maximum absolute atomic E-state index is 6.79. The number of hydrogen-bond acceptors (Lipinski definition) is 3. The molecule has 8 aromatic rings. The van der Waals surface area contributed by atoms with Gasteiger partial charge in [-0.15, -0.1) is 0 Å². The summed E-state index contributed by atoms with van der Waals surface area (Å²) in [7, 11) is 0. The molecular formula is C43H27NO2. The monoisotopic (exact) mass is 589 g/mol. The zero-order valence-electron chi connectivity index (χ0n) is 24.9. The molecule has 0 saturated carbocycles. The molecule has 46 heavy (non-hydrogen) atoms. The van der Waals surface area contributed by atoms with E-state index < -0.39 is 5.41 Å². The van der Waals surface area contributed by atoms with Crippen LogP contribution in [0.2, 0.25) is 0 Å². The van der Waals surface area contributed by atoms with Crippen molar-refractivity contribution in [3.05, 3.63) is 186 Å². The van der Waals surface area contributed by atoms with Crippen LogP contribution in [0.3, 0.4) is 0 Å². The van der Waals surface area contributed by atoms with Crippen LogP contribution in [0.5, 0.6) is 11.5 Å². The average molecular weight is 590 g/mol. The van der Waals surface area contributed by atoms with Crippen LogP contribution in [0.1, 0.15) is 22.3 Å². The van der Waals surface area contributed by atoms with E-state index in [0.29, 0.717) is 0 Å². The number of anilines is 3. The normalized spacial score (nSPS) is 13.6. The molecule has 3 heteroatoms. The number of para-hydroxylation sites is 4. The fourth-order valence-corrected chi connectivity index (χ4v) is 7.92. The molecule has 2 aliphatic rings. The number of ether oxygens (including phenoxy) is 1. The largest absolute Gasteiger partial charge is 0.457 e. The number of furan rings is 1. The second-order valence-electron chi connectivity index (χ2n) is 12.0. The van der Waals surface area contributed by atoms with Gasteiger partial charge in [0.15, 0.2) is 0 Å². The molecule has 0 bridgehead atoms. The molecule has 3 nitrogen and oxygen atoms in total. The average Bonchev–Trinajstić information content (AvgIpc) is 3.62. The first kappa shape index (κ1) is 25.3. The van der Waals surface area contributed by atoms with Crippen LogP contribution >= 0.6 is 0 Å². The van der Waals surface area contributed by atoms with Crippen LogP contribution in [0.25, 0.3) is 33.1 Å². The number of nitrogens with zero attached hydrogens (tertiary/aromatic N) is 1. The topological polar surface area (TPSA) is 25.6 Å². The number of rotatable bonds is 3. The molecule has 1 aromatic heterocycles. The zero-order valence-corrected chi connectivity index (χ0v) is 24.9. The van der Waals surface area contributed by atoms with Gasteiger partial charge in [-0.05, 0) is 82.9 Å². The van der Waals surface area contributed by atoms with Crippen LogP contribution in [0, 0.1) is 0 Å². The standard InChI is InChI=1S/C43H27NO2/c1-3-14-28(15-4-1)44(29-16-5-2-6-17-29)37-22-13-25-40-42(37)32-26-31-30-18-7-8-19-33(30)43(36(31)27-41(32)46-40)34-20-9-11-23-38(34)45-39-24-12-10-21-35(39)43/h1-27H. The lowest BCUT2D eigenvalue weighted by Gasteiger charge is -2.39. The lowest BCUT2D eigenvalue weighted by atomic mass is 9.66. The van der Waals surface area contributed by atoms with Crippen LogP contribution < -0.4 is 9.64 Å². The van der Waals surface area contributed by atoms with Crippen molar-refractivity contribution in [1.82, 2.24) is 0 Å². The predicted octanol–water partition coefficient (Wildman–Crippen LogP) is 11.5. The highest BCUT2D eigenvalue weighted by atomic mass is 16.5. The van der Waals surface area contributed by atoms with E-state index in [1.54, 1.807) is 0 Å². The van der Waals surface area contributed by atoms with Crippen LogP contribution in [-0.2, 0) is 5.41 Å². The van der Waals surface area contributed by atoms with Gasteiger partial charge in [0.2, 0.25) is 0 Å². The Morgan fingerprint density at radius 2 is 1.02 bits per heavy atom. The summed E-state index contributed by atoms with van der Waals surface area (Å²) in [4.78, 5) is 2.32. The van der Waals surface area contributed by atoms with Crippen molar-refractivity contribution in [2.45, 2.75) is 5.41 Å². The second-order valence-corrected chi connectivity index (χ2v) is 12.0. The molecule has 0 fully saturated rings. The Bertz CT molecular complexity index is 2370. The van der Waals surface area contributed by atoms with Gasteiger partial charge in [-0.1, -0.05) is 103 Å². The maximum atomic E-state index is 6.79. The molecule has 0 amide bonds. The maximum Gasteiger partial charge on any atom is 0.137 e. The van der Waals surface area contributed by atoms with Gasteiger partial charge in [-0.3, -0.25) is 0 Å². The summed E-state index contributed by atoms with van der Waals surface area (Å²) < 4.78 is 13.3. The van der Waals surface area contributed by atoms with E-state index in [0.717, 1.165) is 61.6 Å². The van der Waals surface area contributed by atoms with Crippen molar-refractivity contribution in [1.29, 1.82) is 0 Å². The molecule has 0 unspecified atom stereocenters. The molecule has 0 saturated heterocycles. The minimum atomic E-state index is -0.534. The Morgan fingerprint density at radius 1 is 0.435 bits per heavy atom. The summed E-state index contributed by atoms with van der Waals surface area (Å²) in [6.07, 6.45) is 0. The highest BCUT2D eigenvalue weighted by Crippen LogP contribution is 2.62. The van der Waals surface area contributed by atoms with E-state index in [-0.39, 0.29) is 0 Å². The Morgan fingerprint density at radius 3 is 1.70 bits per heavy atom. The van der Waals surface area contributed by atoms with Gasteiger partial charge in [0.05, 0.1) is 16.5 Å². The lowest BCUT2D eigenvalue weighted by Crippen LogP contribution is -2.32. The Hall–Kier alpha value is -6.06. The predicted molar refractivity (Wildman–Crippen MR) is 186 cm³/mol. The molecule has 1 aliphatic heterocycles. The van der Waals surface area contributed by atoms with Crippen molar-refractivity contribution >= 4 is 39.0 Å². The third-order valence-electron chi connectivity index (χ3n) is 9.71. The van der Waals surface area contributed by atoms with E-state index in [1.807, 2.05) is 0 Å². The Labute approximate surface area is 266 Å². The number of fused-ring (bicyclic) bond motifs is 12. The van der Waals surface area contributed by atoms with Crippen LogP contribution in [0.15, 0.2) is 168 Å². The van der Waals surface area contributed by atoms with Gasteiger partial charge in [-0.2, -0.15) is 0 Å². The van der Waals surface area contributed by atoms with Crippen molar-refractivity contribution in [2.24, 2.45) is 0 Å². The molecule has 216 valence electrons. The van der Waals surface area contributed by atoms with Gasteiger partial charge in [0.25, 0.3) is 0 Å². The van der Waals surface area contributed by atoms with Crippen LogP contribution in [0.4, 0.5) is 17.1 Å². The Balaban J connectivity index is 1.31. The van der Waals surface area contributed by atoms with Crippen LogP contribution in [-0.4, -0.2) is 0 Å². The molecule has 7 aromatic carbocycles. The highest BCUT2D eigenvalue weighted by Gasteiger charge is 2.51. The fourth-order valence-electron chi connectivity index (χ4n) is 7.92. The first-order valence-electron chi connectivity index (χ1n) is 15.7. The van der Waals surface area contributed by atoms with Gasteiger partial charge in [0, 0.05) is 27.9 Å². The highest BCUT2D eigenvalue weighted by molar-refractivity contribution is 6.15. The summed E-state index contributed by atoms with van der Waals surface area (Å²) in [5.41, 5.74) is 11.7. The number of benzene rings is 7. The number of hydrogen-bond donors (Lipinski definition) is 0. The van der Waals surface area contributed by atoms with Crippen molar-refractivity contribution in [3.63, 3.8) is 0 Å². The summed E-state index contributed by atoms with van der Waals surface area (Å²) in [5, 5.41) is 2.20. The fraction of sp³-hybridized carbons (Fsp3) is 0.0233. The smallest absolute Gasteiger partial charge is 0.137 e. The van der Waals surface area contributed by atoms with Gasteiger partial charge >= 0.3 is 0 Å². The minimum absolute atomic E-state index is 0.534. The van der Waals surface area contributed by atoms with E-state index in [2.05, 4.69) is 169 Å². The molecule has 10 rings (SSSR count). The van der Waals surface area contributed by atoms with Gasteiger partial charge in [-0.25, -0.2) is 0 Å². The zero-order chi connectivity index (χ0) is 30.2. The first-order valence-corrected chi connectivity index (χ1v) is 15.7. The summed E-state index contributed by atoms with van der Waals surface area (Å²) in [6.45, 7) is 0.